The highest BCUT2D eigenvalue weighted by Crippen LogP contribution is 2.42. The standard InChI is InChI=1S/C22H19ClF4N4OS/c1-20(2,3)17-13(23)8-12(10-29-17)31-19(33)30(18(32)21(31,4)5)14-7-6-11(9-28)15(16(14)24)22(25,26)27/h6-8,10H,1-5H3. The maximum atomic E-state index is 15.1. The van der Waals surface area contributed by atoms with E-state index in [1.165, 1.54) is 31.0 Å². The summed E-state index contributed by atoms with van der Waals surface area (Å²) in [5, 5.41) is 9.06. The second kappa shape index (κ2) is 7.92. The van der Waals surface area contributed by atoms with Gasteiger partial charge in [-0.3, -0.25) is 14.7 Å². The first-order chi connectivity index (χ1) is 15.0. The number of carbonyl (C=O) groups is 1. The number of nitriles is 1. The van der Waals surface area contributed by atoms with Crippen molar-refractivity contribution in [2.45, 2.75) is 51.7 Å². The van der Waals surface area contributed by atoms with E-state index >= 15 is 4.39 Å². The minimum absolute atomic E-state index is 0.247. The van der Waals surface area contributed by atoms with Crippen LogP contribution in [0.3, 0.4) is 0 Å². The summed E-state index contributed by atoms with van der Waals surface area (Å²) in [6, 6.07) is 4.62. The van der Waals surface area contributed by atoms with Crippen molar-refractivity contribution in [1.82, 2.24) is 4.98 Å². The zero-order valence-electron chi connectivity index (χ0n) is 18.3. The number of anilines is 2. The molecule has 3 rings (SSSR count). The number of benzene rings is 1. The molecule has 2 heterocycles. The smallest absolute Gasteiger partial charge is 0.302 e. The molecule has 5 nitrogen and oxygen atoms in total. The van der Waals surface area contributed by atoms with E-state index < -0.39 is 40.3 Å². The molecule has 1 fully saturated rings. The number of thiocarbonyl (C=S) groups is 1. The number of nitrogens with zero attached hydrogens (tertiary/aromatic N) is 4. The molecule has 0 atom stereocenters. The van der Waals surface area contributed by atoms with Crippen LogP contribution in [0.2, 0.25) is 5.02 Å². The normalized spacial score (nSPS) is 16.4. The SMILES string of the molecule is CC(C)(C)c1ncc(N2C(=S)N(c3ccc(C#N)c(C(F)(F)F)c3F)C(=O)C2(C)C)cc1Cl. The third kappa shape index (κ3) is 4.04. The van der Waals surface area contributed by atoms with Gasteiger partial charge in [0.05, 0.1) is 39.9 Å². The zero-order valence-corrected chi connectivity index (χ0v) is 19.9. The number of rotatable bonds is 2. The van der Waals surface area contributed by atoms with Gasteiger partial charge in [0.25, 0.3) is 5.91 Å². The third-order valence-corrected chi connectivity index (χ3v) is 5.88. The van der Waals surface area contributed by atoms with E-state index in [-0.39, 0.29) is 10.5 Å². The fourth-order valence-electron chi connectivity index (χ4n) is 3.65. The third-order valence-electron chi connectivity index (χ3n) is 5.23. The Labute approximate surface area is 198 Å². The molecule has 0 bridgehead atoms. The van der Waals surface area contributed by atoms with Gasteiger partial charge in [0.2, 0.25) is 0 Å². The summed E-state index contributed by atoms with van der Waals surface area (Å²) < 4.78 is 55.5. The number of pyridine rings is 1. The van der Waals surface area contributed by atoms with Crippen LogP contribution in [-0.4, -0.2) is 21.5 Å². The molecule has 0 saturated carbocycles. The van der Waals surface area contributed by atoms with Crippen molar-refractivity contribution >= 4 is 46.2 Å². The predicted octanol–water partition coefficient (Wildman–Crippen LogP) is 5.98. The van der Waals surface area contributed by atoms with Gasteiger partial charge in [-0.15, -0.1) is 0 Å². The molecule has 1 saturated heterocycles. The molecule has 1 aliphatic heterocycles. The number of amides is 1. The largest absolute Gasteiger partial charge is 0.420 e. The Morgan fingerprint density at radius 3 is 2.30 bits per heavy atom. The molecular formula is C22H19ClF4N4OS. The van der Waals surface area contributed by atoms with Crippen LogP contribution < -0.4 is 9.80 Å². The van der Waals surface area contributed by atoms with Gasteiger partial charge in [-0.05, 0) is 44.3 Å². The molecule has 0 radical (unpaired) electrons. The second-order valence-corrected chi connectivity index (χ2v) is 9.79. The number of aromatic nitrogens is 1. The van der Waals surface area contributed by atoms with Crippen molar-refractivity contribution in [3.63, 3.8) is 0 Å². The lowest BCUT2D eigenvalue weighted by atomic mass is 9.91. The van der Waals surface area contributed by atoms with Gasteiger partial charge in [0.1, 0.15) is 11.1 Å². The highest BCUT2D eigenvalue weighted by atomic mass is 35.5. The van der Waals surface area contributed by atoms with Gasteiger partial charge in [-0.2, -0.15) is 18.4 Å². The minimum Gasteiger partial charge on any atom is -0.302 e. The molecule has 2 aromatic rings. The highest BCUT2D eigenvalue weighted by Gasteiger charge is 2.52. The Hall–Kier alpha value is -2.77. The minimum atomic E-state index is -5.15. The molecule has 1 aromatic carbocycles. The first kappa shape index (κ1) is 24.9. The van der Waals surface area contributed by atoms with Crippen molar-refractivity contribution < 1.29 is 22.4 Å². The van der Waals surface area contributed by atoms with Crippen LogP contribution in [0.1, 0.15) is 51.4 Å². The highest BCUT2D eigenvalue weighted by molar-refractivity contribution is 7.81. The van der Waals surface area contributed by atoms with Crippen LogP contribution in [-0.2, 0) is 16.4 Å². The Morgan fingerprint density at radius 2 is 1.82 bits per heavy atom. The molecule has 11 heteroatoms. The molecule has 33 heavy (non-hydrogen) atoms. The van der Waals surface area contributed by atoms with Gasteiger partial charge in [-0.1, -0.05) is 32.4 Å². The summed E-state index contributed by atoms with van der Waals surface area (Å²) in [5.74, 6) is -2.51. The maximum Gasteiger partial charge on any atom is 0.420 e. The summed E-state index contributed by atoms with van der Waals surface area (Å²) in [4.78, 5) is 19.7. The second-order valence-electron chi connectivity index (χ2n) is 9.02. The average Bonchev–Trinajstić information content (AvgIpc) is 2.84. The van der Waals surface area contributed by atoms with Crippen LogP contribution in [0.15, 0.2) is 24.4 Å². The lowest BCUT2D eigenvalue weighted by Gasteiger charge is -2.30. The van der Waals surface area contributed by atoms with Crippen LogP contribution in [0.4, 0.5) is 28.9 Å². The maximum absolute atomic E-state index is 15.1. The monoisotopic (exact) mass is 498 g/mol. The summed E-state index contributed by atoms with van der Waals surface area (Å²) in [7, 11) is 0. The summed E-state index contributed by atoms with van der Waals surface area (Å²) >= 11 is 11.8. The lowest BCUT2D eigenvalue weighted by molar-refractivity contribution is -0.140. The first-order valence-electron chi connectivity index (χ1n) is 9.68. The Kier molecular flexibility index (Phi) is 5.97. The van der Waals surface area contributed by atoms with E-state index in [1.807, 2.05) is 20.8 Å². The fraction of sp³-hybridized carbons (Fsp3) is 0.364. The number of hydrogen-bond acceptors (Lipinski definition) is 4. The molecule has 0 unspecified atom stereocenters. The molecule has 1 amide bonds. The number of carbonyl (C=O) groups excluding carboxylic acids is 1. The van der Waals surface area contributed by atoms with Gasteiger partial charge < -0.3 is 4.90 Å². The Morgan fingerprint density at radius 1 is 1.21 bits per heavy atom. The number of alkyl halides is 3. The predicted molar refractivity (Wildman–Crippen MR) is 121 cm³/mol. The molecule has 1 aromatic heterocycles. The van der Waals surface area contributed by atoms with Crippen molar-refractivity contribution in [2.75, 3.05) is 9.80 Å². The van der Waals surface area contributed by atoms with Crippen molar-refractivity contribution in [2.24, 2.45) is 0 Å². The molecule has 0 aliphatic carbocycles. The van der Waals surface area contributed by atoms with Crippen molar-refractivity contribution in [1.29, 1.82) is 5.26 Å². The van der Waals surface area contributed by atoms with Gasteiger partial charge in [0, 0.05) is 5.41 Å². The molecule has 0 N–H and O–H groups in total. The van der Waals surface area contributed by atoms with E-state index in [2.05, 4.69) is 4.98 Å². The van der Waals surface area contributed by atoms with E-state index in [1.54, 1.807) is 6.07 Å². The molecule has 1 aliphatic rings. The van der Waals surface area contributed by atoms with Crippen LogP contribution in [0, 0.1) is 17.1 Å². The average molecular weight is 499 g/mol. The Balaban J connectivity index is 2.16. The first-order valence-corrected chi connectivity index (χ1v) is 10.5. The topological polar surface area (TPSA) is 60.2 Å². The lowest BCUT2D eigenvalue weighted by Crippen LogP contribution is -2.44. The van der Waals surface area contributed by atoms with Crippen LogP contribution >= 0.6 is 23.8 Å². The Bertz CT molecular complexity index is 1210. The number of halogens is 5. The number of hydrogen-bond donors (Lipinski definition) is 0. The van der Waals surface area contributed by atoms with E-state index in [0.29, 0.717) is 21.3 Å². The van der Waals surface area contributed by atoms with Gasteiger partial charge >= 0.3 is 6.18 Å². The summed E-state index contributed by atoms with van der Waals surface area (Å²) in [5.41, 5.74) is -4.17. The van der Waals surface area contributed by atoms with E-state index in [4.69, 9.17) is 29.1 Å². The van der Waals surface area contributed by atoms with E-state index in [9.17, 15) is 18.0 Å². The fourth-order valence-corrected chi connectivity index (χ4v) is 4.61. The molecular weight excluding hydrogens is 480 g/mol. The molecule has 174 valence electrons. The summed E-state index contributed by atoms with van der Waals surface area (Å²) in [6.45, 7) is 8.76. The summed E-state index contributed by atoms with van der Waals surface area (Å²) in [6.07, 6.45) is -3.70. The van der Waals surface area contributed by atoms with E-state index in [0.717, 1.165) is 12.1 Å². The van der Waals surface area contributed by atoms with Gasteiger partial charge in [-0.25, -0.2) is 4.39 Å². The van der Waals surface area contributed by atoms with Gasteiger partial charge in [0.15, 0.2) is 10.9 Å². The van der Waals surface area contributed by atoms with Crippen molar-refractivity contribution in [3.05, 3.63) is 52.1 Å². The van der Waals surface area contributed by atoms with Crippen LogP contribution in [0.25, 0.3) is 0 Å². The quantitative estimate of drug-likeness (QED) is 0.376. The van der Waals surface area contributed by atoms with Crippen molar-refractivity contribution in [3.8, 4) is 6.07 Å². The zero-order chi connectivity index (χ0) is 25.1. The molecule has 0 spiro atoms. The van der Waals surface area contributed by atoms with Crippen LogP contribution in [0.5, 0.6) is 0 Å².